The van der Waals surface area contributed by atoms with Crippen LogP contribution in [0.4, 0.5) is 20.4 Å². The highest BCUT2D eigenvalue weighted by molar-refractivity contribution is 5.98. The van der Waals surface area contributed by atoms with Crippen LogP contribution in [0.15, 0.2) is 46.6 Å². The Bertz CT molecular complexity index is 1310. The van der Waals surface area contributed by atoms with Crippen molar-refractivity contribution in [2.45, 2.75) is 39.2 Å². The number of amidine groups is 1. The van der Waals surface area contributed by atoms with Crippen molar-refractivity contribution in [2.24, 2.45) is 4.99 Å². The number of fused-ring (bicyclic) bond motifs is 1. The summed E-state index contributed by atoms with van der Waals surface area (Å²) in [5.74, 6) is 0.533. The number of aliphatic imine (C=N–C) groups is 1. The van der Waals surface area contributed by atoms with Crippen LogP contribution in [-0.4, -0.2) is 53.9 Å². The van der Waals surface area contributed by atoms with Crippen LogP contribution in [0.3, 0.4) is 0 Å². The summed E-state index contributed by atoms with van der Waals surface area (Å²) in [5, 5.41) is 3.25. The molecule has 0 amide bonds. The second kappa shape index (κ2) is 9.81. The fourth-order valence-electron chi connectivity index (χ4n) is 4.78. The highest BCUT2D eigenvalue weighted by Gasteiger charge is 2.27. The molecule has 3 aliphatic rings. The monoisotopic (exact) mass is 492 g/mol. The summed E-state index contributed by atoms with van der Waals surface area (Å²) in [6.07, 6.45) is 9.47. The maximum Gasteiger partial charge on any atom is 0.326 e. The van der Waals surface area contributed by atoms with Gasteiger partial charge in [0.25, 0.3) is 0 Å². The second-order valence-corrected chi connectivity index (χ2v) is 9.66. The number of rotatable bonds is 6. The molecule has 2 aromatic rings. The summed E-state index contributed by atoms with van der Waals surface area (Å²) in [6, 6.07) is 3.26. The first-order valence-corrected chi connectivity index (χ1v) is 12.1. The third-order valence-electron chi connectivity index (χ3n) is 6.69. The zero-order chi connectivity index (χ0) is 25.4. The van der Waals surface area contributed by atoms with Gasteiger partial charge >= 0.3 is 6.01 Å². The molecule has 2 aliphatic heterocycles. The number of anilines is 2. The van der Waals surface area contributed by atoms with E-state index < -0.39 is 11.6 Å². The van der Waals surface area contributed by atoms with E-state index in [2.05, 4.69) is 44.2 Å². The molecule has 1 aromatic carbocycles. The number of halogens is 2. The summed E-state index contributed by atoms with van der Waals surface area (Å²) < 4.78 is 35.8. The molecule has 1 aliphatic carbocycles. The average molecular weight is 493 g/mol. The predicted octanol–water partition coefficient (Wildman–Crippen LogP) is 5.32. The molecule has 7 nitrogen and oxygen atoms in total. The molecule has 1 atom stereocenters. The van der Waals surface area contributed by atoms with Crippen molar-refractivity contribution in [1.29, 1.82) is 0 Å². The standard InChI is InChI=1S/C27H30F2N6O/c1-5-6-17-11-23(30-14-17)31-24-13-25(35-8-7-18(15-35)34(3)4)33-27(32-24)36-22-12-21(28)19-9-16(2)10-20(19)26(22)29/h5-6,10,12-14,18H,7-9,11,15H2,1-4H3,(H,30,31,32,33)/b6-5+. The minimum Gasteiger partial charge on any atom is -0.421 e. The van der Waals surface area contributed by atoms with Gasteiger partial charge in [0.1, 0.15) is 23.3 Å². The number of allylic oxidation sites excluding steroid dienone is 3. The Kier molecular flexibility index (Phi) is 6.57. The Morgan fingerprint density at radius 3 is 2.78 bits per heavy atom. The van der Waals surface area contributed by atoms with Crippen molar-refractivity contribution in [1.82, 2.24) is 14.9 Å². The molecule has 5 rings (SSSR count). The summed E-state index contributed by atoms with van der Waals surface area (Å²) in [6.45, 7) is 5.42. The van der Waals surface area contributed by atoms with Crippen molar-refractivity contribution in [3.8, 4) is 11.8 Å². The molecular formula is C27H30F2N6O. The van der Waals surface area contributed by atoms with E-state index >= 15 is 4.39 Å². The number of ether oxygens (including phenoxy) is 1. The van der Waals surface area contributed by atoms with E-state index in [1.54, 1.807) is 6.08 Å². The molecule has 3 heterocycles. The smallest absolute Gasteiger partial charge is 0.326 e. The number of hydrogen-bond acceptors (Lipinski definition) is 7. The van der Waals surface area contributed by atoms with Crippen LogP contribution in [0, 0.1) is 11.6 Å². The van der Waals surface area contributed by atoms with Gasteiger partial charge < -0.3 is 19.9 Å². The van der Waals surface area contributed by atoms with E-state index in [0.29, 0.717) is 36.1 Å². The lowest BCUT2D eigenvalue weighted by Gasteiger charge is -2.22. The molecule has 0 bridgehead atoms. The minimum absolute atomic E-state index is 0.0551. The first kappa shape index (κ1) is 24.1. The zero-order valence-corrected chi connectivity index (χ0v) is 21.0. The van der Waals surface area contributed by atoms with Crippen LogP contribution >= 0.6 is 0 Å². The largest absolute Gasteiger partial charge is 0.421 e. The Morgan fingerprint density at radius 1 is 1.19 bits per heavy atom. The first-order chi connectivity index (χ1) is 17.3. The van der Waals surface area contributed by atoms with E-state index in [-0.39, 0.29) is 17.3 Å². The van der Waals surface area contributed by atoms with E-state index in [9.17, 15) is 4.39 Å². The lowest BCUT2D eigenvalue weighted by Crippen LogP contribution is -2.31. The van der Waals surface area contributed by atoms with E-state index in [1.165, 1.54) is 0 Å². The summed E-state index contributed by atoms with van der Waals surface area (Å²) in [4.78, 5) is 17.8. The number of hydrogen-bond donors (Lipinski definition) is 1. The van der Waals surface area contributed by atoms with Gasteiger partial charge in [-0.25, -0.2) is 13.8 Å². The molecule has 36 heavy (non-hydrogen) atoms. The van der Waals surface area contributed by atoms with Crippen LogP contribution in [0.2, 0.25) is 0 Å². The second-order valence-electron chi connectivity index (χ2n) is 9.66. The molecule has 1 aromatic heterocycles. The van der Waals surface area contributed by atoms with Gasteiger partial charge in [-0.1, -0.05) is 23.8 Å². The van der Waals surface area contributed by atoms with Crippen molar-refractivity contribution in [3.05, 3.63) is 64.4 Å². The SMILES string of the molecule is C/C=C/C1=CN=C(Nc2cc(N3CCC(N(C)C)C3)nc(Oc3cc(F)c4c(c3F)C=C(C)C4)n2)C1. The van der Waals surface area contributed by atoms with E-state index in [4.69, 9.17) is 4.74 Å². The quantitative estimate of drug-likeness (QED) is 0.589. The number of nitrogens with one attached hydrogen (secondary N) is 1. The number of likely N-dealkylation sites (N-methyl/N-ethyl adjacent to an activating group) is 1. The lowest BCUT2D eigenvalue weighted by molar-refractivity contribution is 0.315. The summed E-state index contributed by atoms with van der Waals surface area (Å²) in [5.41, 5.74) is 2.56. The highest BCUT2D eigenvalue weighted by Crippen LogP contribution is 2.36. The molecule has 1 unspecified atom stereocenters. The van der Waals surface area contributed by atoms with Crippen LogP contribution in [0.25, 0.3) is 6.08 Å². The van der Waals surface area contributed by atoms with Gasteiger partial charge in [-0.15, -0.1) is 0 Å². The third-order valence-corrected chi connectivity index (χ3v) is 6.69. The molecule has 1 N–H and O–H groups in total. The van der Waals surface area contributed by atoms with E-state index in [0.717, 1.165) is 42.6 Å². The highest BCUT2D eigenvalue weighted by atomic mass is 19.1. The minimum atomic E-state index is -0.610. The van der Waals surface area contributed by atoms with Crippen LogP contribution < -0.4 is 15.0 Å². The van der Waals surface area contributed by atoms with Gasteiger partial charge in [0, 0.05) is 55.0 Å². The number of nitrogens with zero attached hydrogens (tertiary/aromatic N) is 5. The zero-order valence-electron chi connectivity index (χ0n) is 21.0. The Hall–Kier alpha value is -3.59. The fraction of sp³-hybridized carbons (Fsp3) is 0.370. The Morgan fingerprint density at radius 2 is 2.03 bits per heavy atom. The molecule has 1 saturated heterocycles. The predicted molar refractivity (Wildman–Crippen MR) is 139 cm³/mol. The van der Waals surface area contributed by atoms with Gasteiger partial charge in [-0.3, -0.25) is 0 Å². The summed E-state index contributed by atoms with van der Waals surface area (Å²) >= 11 is 0. The fourth-order valence-corrected chi connectivity index (χ4v) is 4.78. The van der Waals surface area contributed by atoms with Gasteiger partial charge in [0.2, 0.25) is 0 Å². The maximum atomic E-state index is 15.2. The van der Waals surface area contributed by atoms with Crippen molar-refractivity contribution < 1.29 is 13.5 Å². The van der Waals surface area contributed by atoms with Crippen LogP contribution in [0.1, 0.15) is 37.8 Å². The van der Waals surface area contributed by atoms with Crippen molar-refractivity contribution >= 4 is 23.5 Å². The average Bonchev–Trinajstić information content (AvgIpc) is 3.58. The number of aromatic nitrogens is 2. The number of benzene rings is 1. The third kappa shape index (κ3) is 4.88. The van der Waals surface area contributed by atoms with Gasteiger partial charge in [0.15, 0.2) is 11.6 Å². The normalized spacial score (nSPS) is 19.1. The molecule has 0 spiro atoms. The molecule has 1 fully saturated rings. The molecule has 0 radical (unpaired) electrons. The first-order valence-electron chi connectivity index (χ1n) is 12.1. The Balaban J connectivity index is 1.45. The van der Waals surface area contributed by atoms with E-state index in [1.807, 2.05) is 38.3 Å². The summed E-state index contributed by atoms with van der Waals surface area (Å²) in [7, 11) is 4.12. The molecule has 9 heteroatoms. The maximum absolute atomic E-state index is 15.2. The van der Waals surface area contributed by atoms with Gasteiger partial charge in [0.05, 0.1) is 0 Å². The van der Waals surface area contributed by atoms with Crippen LogP contribution in [-0.2, 0) is 6.42 Å². The van der Waals surface area contributed by atoms with Gasteiger partial charge in [-0.05, 0) is 46.4 Å². The lowest BCUT2D eigenvalue weighted by atomic mass is 10.1. The molecule has 188 valence electrons. The van der Waals surface area contributed by atoms with Crippen LogP contribution in [0.5, 0.6) is 11.8 Å². The van der Waals surface area contributed by atoms with Gasteiger partial charge in [-0.2, -0.15) is 9.97 Å². The molecular weight excluding hydrogens is 462 g/mol. The Labute approximate surface area is 209 Å². The van der Waals surface area contributed by atoms with Crippen molar-refractivity contribution in [2.75, 3.05) is 37.4 Å². The van der Waals surface area contributed by atoms with Crippen molar-refractivity contribution in [3.63, 3.8) is 0 Å². The molecule has 0 saturated carbocycles. The topological polar surface area (TPSA) is 65.9 Å².